The first-order valence-electron chi connectivity index (χ1n) is 13.7. The van der Waals surface area contributed by atoms with Crippen LogP contribution in [-0.2, 0) is 19.1 Å². The van der Waals surface area contributed by atoms with E-state index in [0.29, 0.717) is 11.1 Å². The van der Waals surface area contributed by atoms with Gasteiger partial charge in [0.15, 0.2) is 0 Å². The fourth-order valence-corrected chi connectivity index (χ4v) is 4.45. The molecular weight excluding hydrogens is 536 g/mol. The van der Waals surface area contributed by atoms with Crippen molar-refractivity contribution in [1.82, 2.24) is 0 Å². The maximum atomic E-state index is 12.8. The van der Waals surface area contributed by atoms with Crippen LogP contribution in [0.15, 0.2) is 109 Å². The second-order valence-electron chi connectivity index (χ2n) is 9.29. The van der Waals surface area contributed by atoms with Crippen molar-refractivity contribution in [3.63, 3.8) is 0 Å². The van der Waals surface area contributed by atoms with E-state index in [0.717, 1.165) is 0 Å². The molecule has 0 amide bonds. The van der Waals surface area contributed by atoms with Crippen LogP contribution in [0.5, 0.6) is 11.5 Å². The van der Waals surface area contributed by atoms with E-state index >= 15 is 0 Å². The highest BCUT2D eigenvalue weighted by Gasteiger charge is 2.31. The lowest BCUT2D eigenvalue weighted by Crippen LogP contribution is -2.23. The number of benzene rings is 4. The molecule has 4 aromatic rings. The van der Waals surface area contributed by atoms with E-state index < -0.39 is 36.4 Å². The maximum Gasteiger partial charge on any atom is 0.352 e. The van der Waals surface area contributed by atoms with Gasteiger partial charge in [-0.05, 0) is 26.0 Å². The van der Waals surface area contributed by atoms with Gasteiger partial charge in [-0.2, -0.15) is 0 Å². The number of rotatable bonds is 13. The minimum absolute atomic E-state index is 0.168. The van der Waals surface area contributed by atoms with Crippen molar-refractivity contribution in [3.8, 4) is 11.5 Å². The SMILES string of the molecule is CCOC(=O)C(Oc1ccccc1C(O)C(O)c1ccccc1OC(C(=O)OCC)c1ccccc1)c1ccccc1. The second kappa shape index (κ2) is 14.8. The molecule has 4 rings (SSSR count). The van der Waals surface area contributed by atoms with E-state index in [1.54, 1.807) is 111 Å². The molecule has 0 radical (unpaired) electrons. The maximum absolute atomic E-state index is 12.8. The molecule has 0 fully saturated rings. The molecule has 0 aliphatic heterocycles. The molecule has 0 aromatic heterocycles. The van der Waals surface area contributed by atoms with E-state index in [2.05, 4.69) is 0 Å². The number of esters is 2. The molecule has 2 N–H and O–H groups in total. The molecule has 0 aliphatic carbocycles. The van der Waals surface area contributed by atoms with E-state index in [1.807, 2.05) is 12.1 Å². The number of aliphatic hydroxyl groups is 2. The van der Waals surface area contributed by atoms with Crippen LogP contribution in [0.4, 0.5) is 0 Å². The van der Waals surface area contributed by atoms with Gasteiger partial charge in [0.2, 0.25) is 12.2 Å². The summed E-state index contributed by atoms with van der Waals surface area (Å²) in [7, 11) is 0. The van der Waals surface area contributed by atoms with Gasteiger partial charge >= 0.3 is 11.9 Å². The van der Waals surface area contributed by atoms with Gasteiger partial charge in [-0.15, -0.1) is 0 Å². The van der Waals surface area contributed by atoms with Gasteiger partial charge in [-0.25, -0.2) is 9.59 Å². The first-order chi connectivity index (χ1) is 20.4. The van der Waals surface area contributed by atoms with Crippen molar-refractivity contribution < 1.29 is 38.7 Å². The average Bonchev–Trinajstić information content (AvgIpc) is 3.03. The predicted molar refractivity (Wildman–Crippen MR) is 156 cm³/mol. The molecule has 0 spiro atoms. The molecule has 8 nitrogen and oxygen atoms in total. The van der Waals surface area contributed by atoms with Crippen molar-refractivity contribution in [2.24, 2.45) is 0 Å². The number of para-hydroxylation sites is 2. The van der Waals surface area contributed by atoms with Crippen LogP contribution in [0.3, 0.4) is 0 Å². The minimum atomic E-state index is -1.48. The Kier molecular flexibility index (Phi) is 10.7. The first kappa shape index (κ1) is 30.3. The lowest BCUT2D eigenvalue weighted by Gasteiger charge is -2.26. The highest BCUT2D eigenvalue weighted by atomic mass is 16.6. The van der Waals surface area contributed by atoms with Gasteiger partial charge in [-0.1, -0.05) is 97.1 Å². The molecular formula is C34H34O8. The summed E-state index contributed by atoms with van der Waals surface area (Å²) in [4.78, 5) is 25.7. The smallest absolute Gasteiger partial charge is 0.352 e. The molecule has 4 aromatic carbocycles. The Balaban J connectivity index is 1.64. The number of aliphatic hydroxyl groups excluding tert-OH is 2. The summed E-state index contributed by atoms with van der Waals surface area (Å²) in [5, 5.41) is 22.8. The number of hydrogen-bond donors (Lipinski definition) is 2. The zero-order valence-electron chi connectivity index (χ0n) is 23.5. The summed E-state index contributed by atoms with van der Waals surface area (Å²) < 4.78 is 22.7. The molecule has 8 heteroatoms. The number of hydrogen-bond acceptors (Lipinski definition) is 8. The molecule has 0 saturated heterocycles. The summed E-state index contributed by atoms with van der Waals surface area (Å²) in [6.07, 6.45) is -5.16. The van der Waals surface area contributed by atoms with Gasteiger partial charge in [0.05, 0.1) is 13.2 Å². The molecule has 0 saturated carbocycles. The molecule has 42 heavy (non-hydrogen) atoms. The van der Waals surface area contributed by atoms with Gasteiger partial charge in [0.25, 0.3) is 0 Å². The minimum Gasteiger partial charge on any atom is -0.474 e. The molecule has 0 heterocycles. The van der Waals surface area contributed by atoms with Gasteiger partial charge < -0.3 is 29.2 Å². The van der Waals surface area contributed by atoms with Crippen molar-refractivity contribution in [3.05, 3.63) is 131 Å². The van der Waals surface area contributed by atoms with Crippen molar-refractivity contribution >= 4 is 11.9 Å². The van der Waals surface area contributed by atoms with Crippen LogP contribution in [-0.4, -0.2) is 35.4 Å². The zero-order chi connectivity index (χ0) is 29.9. The first-order valence-corrected chi connectivity index (χ1v) is 13.7. The predicted octanol–water partition coefficient (Wildman–Crippen LogP) is 5.82. The van der Waals surface area contributed by atoms with Gasteiger partial charge in [0, 0.05) is 22.3 Å². The third-order valence-corrected chi connectivity index (χ3v) is 6.47. The standard InChI is InChI=1S/C34H34O8/c1-3-39-33(37)31(23-15-7-5-8-16-23)41-27-21-13-11-19-25(27)29(35)30(36)26-20-12-14-22-28(26)42-32(34(38)40-4-2)24-17-9-6-10-18-24/h5-22,29-32,35-36H,3-4H2,1-2H3. The fraction of sp³-hybridized carbons (Fsp3) is 0.235. The van der Waals surface area contributed by atoms with Gasteiger partial charge in [-0.3, -0.25) is 0 Å². The zero-order valence-corrected chi connectivity index (χ0v) is 23.5. The molecule has 4 atom stereocenters. The Morgan fingerprint density at radius 3 is 1.24 bits per heavy atom. The van der Waals surface area contributed by atoms with E-state index in [-0.39, 0.29) is 35.8 Å². The van der Waals surface area contributed by atoms with Gasteiger partial charge in [0.1, 0.15) is 23.7 Å². The Hall–Kier alpha value is -4.66. The summed E-state index contributed by atoms with van der Waals surface area (Å²) in [5.41, 5.74) is 1.64. The largest absolute Gasteiger partial charge is 0.474 e. The highest BCUT2D eigenvalue weighted by molar-refractivity contribution is 5.77. The summed E-state index contributed by atoms with van der Waals surface area (Å²) in [6.45, 7) is 3.75. The van der Waals surface area contributed by atoms with Crippen LogP contribution < -0.4 is 9.47 Å². The third kappa shape index (κ3) is 7.34. The molecule has 218 valence electrons. The molecule has 0 aliphatic rings. The van der Waals surface area contributed by atoms with E-state index in [9.17, 15) is 19.8 Å². The lowest BCUT2D eigenvalue weighted by atomic mass is 9.96. The molecule has 4 unspecified atom stereocenters. The monoisotopic (exact) mass is 570 g/mol. The topological polar surface area (TPSA) is 112 Å². The highest BCUT2D eigenvalue weighted by Crippen LogP contribution is 2.40. The summed E-state index contributed by atoms with van der Waals surface area (Å²) in [5.74, 6) is -0.785. The van der Waals surface area contributed by atoms with Crippen LogP contribution in [0.2, 0.25) is 0 Å². The summed E-state index contributed by atoms with van der Waals surface area (Å²) in [6, 6.07) is 31.0. The van der Waals surface area contributed by atoms with Crippen LogP contribution >= 0.6 is 0 Å². The quantitative estimate of drug-likeness (QED) is 0.194. The number of carbonyl (C=O) groups excluding carboxylic acids is 2. The fourth-order valence-electron chi connectivity index (χ4n) is 4.45. The Bertz CT molecular complexity index is 1330. The van der Waals surface area contributed by atoms with E-state index in [1.165, 1.54) is 0 Å². The van der Waals surface area contributed by atoms with Crippen LogP contribution in [0.1, 0.15) is 60.5 Å². The van der Waals surface area contributed by atoms with Crippen molar-refractivity contribution in [2.75, 3.05) is 13.2 Å². The van der Waals surface area contributed by atoms with Crippen LogP contribution in [0, 0.1) is 0 Å². The third-order valence-electron chi connectivity index (χ3n) is 6.47. The van der Waals surface area contributed by atoms with Crippen molar-refractivity contribution in [1.29, 1.82) is 0 Å². The number of ether oxygens (including phenoxy) is 4. The average molecular weight is 571 g/mol. The van der Waals surface area contributed by atoms with E-state index in [4.69, 9.17) is 18.9 Å². The van der Waals surface area contributed by atoms with Crippen molar-refractivity contribution in [2.45, 2.75) is 38.3 Å². The lowest BCUT2D eigenvalue weighted by molar-refractivity contribution is -0.152. The second-order valence-corrected chi connectivity index (χ2v) is 9.29. The normalized spacial score (nSPS) is 13.7. The molecule has 0 bridgehead atoms. The number of carbonyl (C=O) groups is 2. The Labute approximate surface area is 245 Å². The summed E-state index contributed by atoms with van der Waals surface area (Å²) >= 11 is 0. The Morgan fingerprint density at radius 2 is 0.881 bits per heavy atom. The Morgan fingerprint density at radius 1 is 0.548 bits per heavy atom. The van der Waals surface area contributed by atoms with Crippen LogP contribution in [0.25, 0.3) is 0 Å².